The summed E-state index contributed by atoms with van der Waals surface area (Å²) < 4.78 is 20.7. The minimum absolute atomic E-state index is 0.0343. The third-order valence-electron chi connectivity index (χ3n) is 7.18. The van der Waals surface area contributed by atoms with Crippen LogP contribution in [-0.2, 0) is 9.47 Å². The normalized spacial score (nSPS) is 11.1. The maximum Gasteiger partial charge on any atom is 0.360 e. The topological polar surface area (TPSA) is 190 Å². The van der Waals surface area contributed by atoms with Gasteiger partial charge in [0.25, 0.3) is 13.9 Å². The largest absolute Gasteiger partial charge is 0.538 e. The van der Waals surface area contributed by atoms with Crippen molar-refractivity contribution in [3.8, 4) is 11.5 Å². The number of methoxy groups -OCH3 is 2. The molecule has 49 heavy (non-hydrogen) atoms. The number of nitrogens with two attached hydrogens (primary N) is 1. The number of rotatable bonds is 4. The number of nitrogen functional groups attached to an aromatic ring is 1. The number of aromatic nitrogens is 5. The van der Waals surface area contributed by atoms with Crippen LogP contribution < -0.4 is 21.3 Å². The van der Waals surface area contributed by atoms with E-state index in [1.165, 1.54) is 22.1 Å². The molecular formula is C31H33I3N6O8Si. The summed E-state index contributed by atoms with van der Waals surface area (Å²) in [6.07, 6.45) is 4.92. The lowest BCUT2D eigenvalue weighted by molar-refractivity contribution is 0.0581. The number of ether oxygens (including phenoxy) is 2. The SMILES string of the molecule is COC(=O)c1nc2ccc(I)cn2c(=O)c1O.COC(=O)c1nc2ccc(I)cn2c(=O)c1O[Si](C)(C)C(C)(C)C.Nc1ccc(I)cn1. The van der Waals surface area contributed by atoms with Crippen LogP contribution in [0.2, 0.25) is 18.1 Å². The van der Waals surface area contributed by atoms with Gasteiger partial charge in [0.15, 0.2) is 11.4 Å². The number of pyridine rings is 3. The highest BCUT2D eigenvalue weighted by Crippen LogP contribution is 2.37. The zero-order chi connectivity index (χ0) is 36.8. The van der Waals surface area contributed by atoms with E-state index in [9.17, 15) is 24.3 Å². The molecule has 0 amide bonds. The third kappa shape index (κ3) is 9.87. The number of hydrogen-bond acceptors (Lipinski definition) is 12. The number of anilines is 1. The summed E-state index contributed by atoms with van der Waals surface area (Å²) in [5.74, 6) is -1.70. The number of halogens is 3. The van der Waals surface area contributed by atoms with E-state index in [-0.39, 0.29) is 27.8 Å². The molecule has 0 radical (unpaired) electrons. The Labute approximate surface area is 323 Å². The lowest BCUT2D eigenvalue weighted by atomic mass is 10.2. The minimum Gasteiger partial charge on any atom is -0.538 e. The van der Waals surface area contributed by atoms with E-state index in [1.54, 1.807) is 36.7 Å². The van der Waals surface area contributed by atoms with Gasteiger partial charge in [0.1, 0.15) is 17.1 Å². The van der Waals surface area contributed by atoms with Gasteiger partial charge < -0.3 is 24.7 Å². The molecule has 0 bridgehead atoms. The fourth-order valence-electron chi connectivity index (χ4n) is 3.56. The number of carbonyl (C=O) groups excluding carboxylic acids is 2. The molecule has 3 N–H and O–H groups in total. The van der Waals surface area contributed by atoms with Crippen molar-refractivity contribution in [1.29, 1.82) is 0 Å². The van der Waals surface area contributed by atoms with Gasteiger partial charge in [-0.15, -0.1) is 0 Å². The van der Waals surface area contributed by atoms with Crippen molar-refractivity contribution in [2.24, 2.45) is 0 Å². The average molecular weight is 1030 g/mol. The molecule has 0 spiro atoms. The quantitative estimate of drug-likeness (QED) is 0.130. The van der Waals surface area contributed by atoms with Crippen LogP contribution in [0.1, 0.15) is 41.7 Å². The number of hydrogen-bond donors (Lipinski definition) is 2. The number of nitrogens with zero attached hydrogens (tertiary/aromatic N) is 5. The maximum atomic E-state index is 12.9. The van der Waals surface area contributed by atoms with Gasteiger partial charge in [-0.25, -0.2) is 24.5 Å². The van der Waals surface area contributed by atoms with Crippen molar-refractivity contribution < 1.29 is 28.6 Å². The fourth-order valence-corrected chi connectivity index (χ4v) is 5.80. The molecule has 0 unspecified atom stereocenters. The third-order valence-corrected chi connectivity index (χ3v) is 13.4. The van der Waals surface area contributed by atoms with Gasteiger partial charge >= 0.3 is 17.5 Å². The molecule has 5 rings (SSSR count). The summed E-state index contributed by atoms with van der Waals surface area (Å²) in [5, 5.41) is 9.46. The van der Waals surface area contributed by atoms with E-state index in [0.717, 1.165) is 17.8 Å². The van der Waals surface area contributed by atoms with Crippen LogP contribution in [0.15, 0.2) is 64.6 Å². The van der Waals surface area contributed by atoms with Gasteiger partial charge in [0.05, 0.1) is 14.2 Å². The van der Waals surface area contributed by atoms with Crippen LogP contribution >= 0.6 is 67.8 Å². The highest BCUT2D eigenvalue weighted by Gasteiger charge is 2.41. The first kappa shape index (κ1) is 40.0. The summed E-state index contributed by atoms with van der Waals surface area (Å²) in [5.41, 5.74) is 4.41. The lowest BCUT2D eigenvalue weighted by Gasteiger charge is -2.36. The maximum absolute atomic E-state index is 12.9. The van der Waals surface area contributed by atoms with E-state index in [0.29, 0.717) is 11.5 Å². The van der Waals surface area contributed by atoms with Crippen molar-refractivity contribution >= 4 is 105 Å². The second-order valence-electron chi connectivity index (χ2n) is 11.6. The monoisotopic (exact) mass is 1030 g/mol. The van der Waals surface area contributed by atoms with E-state index in [4.69, 9.17) is 14.9 Å². The average Bonchev–Trinajstić information content (AvgIpc) is 3.05. The molecule has 5 heterocycles. The Morgan fingerprint density at radius 3 is 1.71 bits per heavy atom. The molecule has 0 aliphatic rings. The number of carbonyl (C=O) groups is 2. The van der Waals surface area contributed by atoms with Crippen molar-refractivity contribution in [3.63, 3.8) is 0 Å². The van der Waals surface area contributed by atoms with Crippen LogP contribution in [0.25, 0.3) is 11.3 Å². The van der Waals surface area contributed by atoms with Crippen molar-refractivity contribution in [1.82, 2.24) is 23.8 Å². The van der Waals surface area contributed by atoms with E-state index >= 15 is 0 Å². The first-order valence-corrected chi connectivity index (χ1v) is 20.3. The predicted octanol–water partition coefficient (Wildman–Crippen LogP) is 5.53. The van der Waals surface area contributed by atoms with Crippen LogP contribution in [-0.4, -0.2) is 63.3 Å². The summed E-state index contributed by atoms with van der Waals surface area (Å²) in [4.78, 5) is 60.2. The lowest BCUT2D eigenvalue weighted by Crippen LogP contribution is -2.46. The van der Waals surface area contributed by atoms with Crippen molar-refractivity contribution in [2.75, 3.05) is 20.0 Å². The standard InChI is InChI=1S/C16H21IN2O4Si.C10H7IN2O4.C5H5IN2/c1-16(2,3)24(5,6)23-13-12(15(21)22-4)18-11-8-7-10(17)9-19(11)14(13)20;1-17-10(16)7-8(14)9(15)13-4-5(11)2-3-6(13)12-7;6-4-1-2-5(7)8-3-4/h7-9H,1-6H3;2-4,14H,1H3;1-3H,(H2,7,8). The Morgan fingerprint density at radius 2 is 1.27 bits per heavy atom. The van der Waals surface area contributed by atoms with Gasteiger partial charge in [0, 0.05) is 29.3 Å². The zero-order valence-electron chi connectivity index (χ0n) is 27.4. The molecular weight excluding hydrogens is 993 g/mol. The fraction of sp³-hybridized carbons (Fsp3) is 0.258. The van der Waals surface area contributed by atoms with Crippen LogP contribution in [0.3, 0.4) is 0 Å². The van der Waals surface area contributed by atoms with Crippen LogP contribution in [0, 0.1) is 10.7 Å². The zero-order valence-corrected chi connectivity index (χ0v) is 34.9. The summed E-state index contributed by atoms with van der Waals surface area (Å²) in [6, 6.07) is 10.5. The van der Waals surface area contributed by atoms with Gasteiger partial charge in [-0.05, 0) is 122 Å². The summed E-state index contributed by atoms with van der Waals surface area (Å²) >= 11 is 6.32. The van der Waals surface area contributed by atoms with Crippen molar-refractivity contribution in [3.05, 3.63) is 97.8 Å². The Morgan fingerprint density at radius 1 is 0.796 bits per heavy atom. The van der Waals surface area contributed by atoms with Crippen LogP contribution in [0.5, 0.6) is 11.5 Å². The van der Waals surface area contributed by atoms with Gasteiger partial charge in [-0.3, -0.25) is 18.4 Å². The van der Waals surface area contributed by atoms with Gasteiger partial charge in [-0.1, -0.05) is 20.8 Å². The molecule has 5 aromatic heterocycles. The molecule has 0 aliphatic carbocycles. The highest BCUT2D eigenvalue weighted by atomic mass is 127. The summed E-state index contributed by atoms with van der Waals surface area (Å²) in [7, 11) is 0.0807. The minimum atomic E-state index is -2.33. The Kier molecular flexibility index (Phi) is 13.5. The molecule has 260 valence electrons. The predicted molar refractivity (Wildman–Crippen MR) is 212 cm³/mol. The van der Waals surface area contributed by atoms with Crippen LogP contribution in [0.4, 0.5) is 5.82 Å². The van der Waals surface area contributed by atoms with E-state index in [1.807, 2.05) is 47.8 Å². The first-order chi connectivity index (χ1) is 22.8. The van der Waals surface area contributed by atoms with E-state index in [2.05, 4.69) is 85.6 Å². The molecule has 0 saturated heterocycles. The smallest absolute Gasteiger partial charge is 0.360 e. The molecule has 0 aliphatic heterocycles. The number of aromatic hydroxyl groups is 1. The van der Waals surface area contributed by atoms with Crippen molar-refractivity contribution in [2.45, 2.75) is 38.9 Å². The second kappa shape index (κ2) is 16.5. The molecule has 0 atom stereocenters. The molecule has 18 heteroatoms. The number of esters is 2. The Hall–Kier alpha value is -3.38. The van der Waals surface area contributed by atoms with Gasteiger partial charge in [0.2, 0.25) is 11.5 Å². The van der Waals surface area contributed by atoms with E-state index < -0.39 is 37.1 Å². The van der Waals surface area contributed by atoms with Gasteiger partial charge in [-0.2, -0.15) is 0 Å². The Balaban J connectivity index is 0.000000224. The Bertz CT molecular complexity index is 2110. The highest BCUT2D eigenvalue weighted by molar-refractivity contribution is 14.1. The summed E-state index contributed by atoms with van der Waals surface area (Å²) in [6.45, 7) is 10.2. The molecule has 0 fully saturated rings. The number of fused-ring (bicyclic) bond motifs is 2. The molecule has 0 aromatic carbocycles. The molecule has 0 saturated carbocycles. The first-order valence-electron chi connectivity index (χ1n) is 14.2. The second-order valence-corrected chi connectivity index (χ2v) is 20.1. The molecule has 14 nitrogen and oxygen atoms in total. The molecule has 5 aromatic rings.